The van der Waals surface area contributed by atoms with Crippen LogP contribution in [0.2, 0.25) is 5.82 Å². The summed E-state index contributed by atoms with van der Waals surface area (Å²) in [6, 6.07) is 3.98. The number of nitriles is 2. The fraction of sp³-hybridized carbons (Fsp3) is 0.846. The van der Waals surface area contributed by atoms with Gasteiger partial charge in [-0.05, 0) is 12.8 Å². The zero-order valence-corrected chi connectivity index (χ0v) is 11.7. The summed E-state index contributed by atoms with van der Waals surface area (Å²) in [6.07, 6.45) is 4.03. The molecule has 0 bridgehead atoms. The number of hydrogen-bond donors (Lipinski definition) is 0. The molecule has 0 aromatic carbocycles. The van der Waals surface area contributed by atoms with E-state index in [-0.39, 0.29) is 5.82 Å². The normalized spacial score (nSPS) is 11.9. The summed E-state index contributed by atoms with van der Waals surface area (Å²) >= 11 is 0. The molecule has 0 heterocycles. The van der Waals surface area contributed by atoms with Crippen molar-refractivity contribution in [3.8, 4) is 12.1 Å². The smallest absolute Gasteiger partial charge is 0.411 e. The Kier molecular flexibility index (Phi) is 10.4. The Morgan fingerprint density at radius 2 is 1.44 bits per heavy atom. The predicted octanol–water partition coefficient (Wildman–Crippen LogP) is 3.16. The van der Waals surface area contributed by atoms with E-state index in [2.05, 4.69) is 13.8 Å². The maximum absolute atomic E-state index is 8.90. The van der Waals surface area contributed by atoms with E-state index in [0.29, 0.717) is 13.2 Å². The van der Waals surface area contributed by atoms with Gasteiger partial charge in [0.05, 0.1) is 12.1 Å². The Balaban J connectivity index is 4.34. The molecule has 0 spiro atoms. The lowest BCUT2D eigenvalue weighted by Crippen LogP contribution is -2.32. The molecule has 100 valence electrons. The van der Waals surface area contributed by atoms with Crippen LogP contribution in [-0.4, -0.2) is 20.3 Å². The van der Waals surface area contributed by atoms with Gasteiger partial charge in [0.1, 0.15) is 5.92 Å². The molecule has 4 nitrogen and oxygen atoms in total. The zero-order chi connectivity index (χ0) is 13.8. The summed E-state index contributed by atoms with van der Waals surface area (Å²) in [5.41, 5.74) is 0. The highest BCUT2D eigenvalue weighted by Gasteiger charge is 2.33. The second kappa shape index (κ2) is 11.1. The summed E-state index contributed by atoms with van der Waals surface area (Å²) in [5, 5.41) is 17.8. The van der Waals surface area contributed by atoms with Gasteiger partial charge < -0.3 is 9.31 Å². The first-order valence-electron chi connectivity index (χ1n) is 6.73. The van der Waals surface area contributed by atoms with Crippen molar-refractivity contribution in [2.45, 2.75) is 52.3 Å². The van der Waals surface area contributed by atoms with Crippen LogP contribution in [0.15, 0.2) is 0 Å². The fourth-order valence-corrected chi connectivity index (χ4v) is 1.46. The summed E-state index contributed by atoms with van der Waals surface area (Å²) in [7, 11) is -0.451. The van der Waals surface area contributed by atoms with Gasteiger partial charge in [-0.3, -0.25) is 0 Å². The van der Waals surface area contributed by atoms with Gasteiger partial charge >= 0.3 is 7.12 Å². The summed E-state index contributed by atoms with van der Waals surface area (Å²) in [6.45, 7) is 7.24. The van der Waals surface area contributed by atoms with Crippen LogP contribution in [0.5, 0.6) is 0 Å². The Hall–Kier alpha value is -1.04. The lowest BCUT2D eigenvalue weighted by Gasteiger charge is -2.20. The van der Waals surface area contributed by atoms with Crippen molar-refractivity contribution in [2.75, 3.05) is 13.2 Å². The van der Waals surface area contributed by atoms with Crippen LogP contribution in [-0.2, 0) is 9.31 Å². The minimum Gasteiger partial charge on any atom is -0.411 e. The Morgan fingerprint density at radius 3 is 1.78 bits per heavy atom. The minimum atomic E-state index is -0.682. The van der Waals surface area contributed by atoms with Gasteiger partial charge in [-0.1, -0.05) is 33.6 Å². The van der Waals surface area contributed by atoms with E-state index < -0.39 is 13.0 Å². The molecular formula is C13H23BN2O2. The second-order valence-electron chi connectivity index (χ2n) is 4.41. The van der Waals surface area contributed by atoms with E-state index in [0.717, 1.165) is 25.7 Å². The molecule has 0 fully saturated rings. The van der Waals surface area contributed by atoms with E-state index >= 15 is 0 Å². The molecule has 0 radical (unpaired) electrons. The third-order valence-corrected chi connectivity index (χ3v) is 2.79. The van der Waals surface area contributed by atoms with Crippen molar-refractivity contribution in [1.29, 1.82) is 10.5 Å². The Bertz CT molecular complexity index is 262. The highest BCUT2D eigenvalue weighted by molar-refractivity contribution is 6.46. The molecule has 1 atom stereocenters. The van der Waals surface area contributed by atoms with Crippen LogP contribution < -0.4 is 0 Å². The largest absolute Gasteiger partial charge is 0.462 e. The molecule has 5 heteroatoms. The van der Waals surface area contributed by atoms with Crippen LogP contribution in [0.3, 0.4) is 0 Å². The van der Waals surface area contributed by atoms with E-state index in [4.69, 9.17) is 19.8 Å². The van der Waals surface area contributed by atoms with Gasteiger partial charge in [0.2, 0.25) is 0 Å². The SMILES string of the molecule is CCCCOB(OCCCC)C(C)C(C#N)C#N. The van der Waals surface area contributed by atoms with Crippen LogP contribution in [0.4, 0.5) is 0 Å². The van der Waals surface area contributed by atoms with Crippen LogP contribution in [0.25, 0.3) is 0 Å². The quantitative estimate of drug-likeness (QED) is 0.441. The number of unbranched alkanes of at least 4 members (excludes halogenated alkanes) is 2. The monoisotopic (exact) mass is 250 g/mol. The summed E-state index contributed by atoms with van der Waals surface area (Å²) in [4.78, 5) is 0. The molecule has 0 saturated carbocycles. The average molecular weight is 250 g/mol. The number of nitrogens with zero attached hydrogens (tertiary/aromatic N) is 2. The first-order chi connectivity index (χ1) is 8.71. The minimum absolute atomic E-state index is 0.228. The Labute approximate surface area is 111 Å². The summed E-state index contributed by atoms with van der Waals surface area (Å²) in [5.74, 6) is -0.910. The second-order valence-corrected chi connectivity index (χ2v) is 4.41. The predicted molar refractivity (Wildman–Crippen MR) is 71.6 cm³/mol. The van der Waals surface area contributed by atoms with Crippen molar-refractivity contribution in [3.05, 3.63) is 0 Å². The van der Waals surface area contributed by atoms with Crippen molar-refractivity contribution < 1.29 is 9.31 Å². The van der Waals surface area contributed by atoms with Crippen molar-refractivity contribution in [2.24, 2.45) is 5.92 Å². The molecule has 0 aliphatic rings. The summed E-state index contributed by atoms with van der Waals surface area (Å²) < 4.78 is 11.3. The zero-order valence-electron chi connectivity index (χ0n) is 11.7. The molecule has 0 aromatic rings. The van der Waals surface area contributed by atoms with Gasteiger partial charge in [0.15, 0.2) is 0 Å². The molecule has 1 unspecified atom stereocenters. The molecule has 0 aliphatic heterocycles. The van der Waals surface area contributed by atoms with Gasteiger partial charge in [0.25, 0.3) is 0 Å². The standard InChI is InChI=1S/C13H23BN2O2/c1-4-6-8-17-14(18-9-7-5-2)12(3)13(10-15)11-16/h12-13H,4-9H2,1-3H3. The van der Waals surface area contributed by atoms with Crippen molar-refractivity contribution in [3.63, 3.8) is 0 Å². The van der Waals surface area contributed by atoms with E-state index in [1.165, 1.54) is 0 Å². The van der Waals surface area contributed by atoms with Gasteiger partial charge in [-0.2, -0.15) is 10.5 Å². The van der Waals surface area contributed by atoms with E-state index in [1.807, 2.05) is 19.1 Å². The molecule has 0 amide bonds. The van der Waals surface area contributed by atoms with Crippen LogP contribution in [0, 0.1) is 28.6 Å². The van der Waals surface area contributed by atoms with E-state index in [1.54, 1.807) is 0 Å². The number of hydrogen-bond acceptors (Lipinski definition) is 4. The molecule has 18 heavy (non-hydrogen) atoms. The van der Waals surface area contributed by atoms with Gasteiger partial charge in [-0.15, -0.1) is 0 Å². The first kappa shape index (κ1) is 17.0. The van der Waals surface area contributed by atoms with Crippen molar-refractivity contribution >= 4 is 7.12 Å². The highest BCUT2D eigenvalue weighted by atomic mass is 16.6. The Morgan fingerprint density at radius 1 is 1.00 bits per heavy atom. The third kappa shape index (κ3) is 6.64. The topological polar surface area (TPSA) is 66.0 Å². The molecule has 0 aromatic heterocycles. The molecule has 0 rings (SSSR count). The molecule has 0 saturated heterocycles. The lowest BCUT2D eigenvalue weighted by molar-refractivity contribution is 0.182. The molecule has 0 N–H and O–H groups in total. The van der Waals surface area contributed by atoms with Crippen LogP contribution in [0.1, 0.15) is 46.5 Å². The van der Waals surface area contributed by atoms with Crippen LogP contribution >= 0.6 is 0 Å². The molecular weight excluding hydrogens is 227 g/mol. The maximum atomic E-state index is 8.90. The maximum Gasteiger partial charge on any atom is 0.462 e. The van der Waals surface area contributed by atoms with Crippen molar-refractivity contribution in [1.82, 2.24) is 0 Å². The highest BCUT2D eigenvalue weighted by Crippen LogP contribution is 2.22. The molecule has 0 aliphatic carbocycles. The lowest BCUT2D eigenvalue weighted by atomic mass is 9.66. The van der Waals surface area contributed by atoms with Gasteiger partial charge in [0, 0.05) is 19.0 Å². The first-order valence-corrected chi connectivity index (χ1v) is 6.73. The fourth-order valence-electron chi connectivity index (χ4n) is 1.46. The van der Waals surface area contributed by atoms with E-state index in [9.17, 15) is 0 Å². The third-order valence-electron chi connectivity index (χ3n) is 2.79. The van der Waals surface area contributed by atoms with Gasteiger partial charge in [-0.25, -0.2) is 0 Å². The number of rotatable bonds is 10. The average Bonchev–Trinajstić information content (AvgIpc) is 2.38.